The van der Waals surface area contributed by atoms with E-state index >= 15 is 0 Å². The second-order valence-electron chi connectivity index (χ2n) is 8.61. The molecule has 5 rings (SSSR count). The highest BCUT2D eigenvalue weighted by Gasteiger charge is 2.28. The molecule has 178 valence electrons. The van der Waals surface area contributed by atoms with E-state index in [1.807, 2.05) is 71.6 Å². The van der Waals surface area contributed by atoms with E-state index in [1.54, 1.807) is 17.9 Å². The topological polar surface area (TPSA) is 89.3 Å². The van der Waals surface area contributed by atoms with Crippen molar-refractivity contribution in [1.29, 1.82) is 0 Å². The second-order valence-corrected chi connectivity index (χ2v) is 8.61. The van der Waals surface area contributed by atoms with E-state index in [9.17, 15) is 9.59 Å². The number of para-hydroxylation sites is 2. The van der Waals surface area contributed by atoms with Crippen molar-refractivity contribution in [3.05, 3.63) is 88.8 Å². The number of nitrogens with zero attached hydrogens (tertiary/aromatic N) is 4. The summed E-state index contributed by atoms with van der Waals surface area (Å²) in [5.41, 5.74) is 2.75. The molecule has 1 aliphatic heterocycles. The number of piperidine rings is 1. The molecule has 1 saturated heterocycles. The molecule has 8 heteroatoms. The Hall–Kier alpha value is -4.20. The number of fused-ring (bicyclic) bond motifs is 1. The lowest BCUT2D eigenvalue weighted by molar-refractivity contribution is -0.120. The SMILES string of the molecule is COc1ccccc1NC(=O)C1CCN(c2nc3cccnc3n(Cc3ccccc3)c2=O)CC1. The lowest BCUT2D eigenvalue weighted by Crippen LogP contribution is -2.42. The molecule has 2 aromatic carbocycles. The predicted molar refractivity (Wildman–Crippen MR) is 136 cm³/mol. The number of ether oxygens (including phenoxy) is 1. The van der Waals surface area contributed by atoms with Crippen molar-refractivity contribution in [2.45, 2.75) is 19.4 Å². The third-order valence-corrected chi connectivity index (χ3v) is 6.40. The summed E-state index contributed by atoms with van der Waals surface area (Å²) in [6.45, 7) is 1.56. The molecule has 4 aromatic rings. The van der Waals surface area contributed by atoms with Gasteiger partial charge in [0.2, 0.25) is 5.91 Å². The molecule has 0 unspecified atom stereocenters. The summed E-state index contributed by atoms with van der Waals surface area (Å²) in [6, 6.07) is 20.9. The Bertz CT molecular complexity index is 1400. The van der Waals surface area contributed by atoms with Gasteiger partial charge in [0.1, 0.15) is 11.3 Å². The predicted octanol–water partition coefficient (Wildman–Crippen LogP) is 3.70. The largest absolute Gasteiger partial charge is 0.495 e. The van der Waals surface area contributed by atoms with Gasteiger partial charge in [-0.3, -0.25) is 14.2 Å². The Balaban J connectivity index is 1.36. The number of hydrogen-bond acceptors (Lipinski definition) is 6. The van der Waals surface area contributed by atoms with Gasteiger partial charge in [0, 0.05) is 25.2 Å². The Morgan fingerprint density at radius 3 is 2.54 bits per heavy atom. The quantitative estimate of drug-likeness (QED) is 0.463. The minimum absolute atomic E-state index is 0.0358. The van der Waals surface area contributed by atoms with Gasteiger partial charge < -0.3 is 15.0 Å². The number of benzene rings is 2. The third-order valence-electron chi connectivity index (χ3n) is 6.40. The van der Waals surface area contributed by atoms with Crippen molar-refractivity contribution in [3.8, 4) is 5.75 Å². The van der Waals surface area contributed by atoms with E-state index < -0.39 is 0 Å². The van der Waals surface area contributed by atoms with E-state index in [1.165, 1.54) is 0 Å². The molecule has 1 aliphatic rings. The molecule has 1 fully saturated rings. The number of pyridine rings is 1. The van der Waals surface area contributed by atoms with Crippen LogP contribution in [0.5, 0.6) is 5.75 Å². The van der Waals surface area contributed by atoms with Crippen molar-refractivity contribution in [2.24, 2.45) is 5.92 Å². The molecule has 0 radical (unpaired) electrons. The number of aromatic nitrogens is 3. The van der Waals surface area contributed by atoms with Gasteiger partial charge in [-0.25, -0.2) is 9.97 Å². The number of amides is 1. The van der Waals surface area contributed by atoms with Gasteiger partial charge in [0.15, 0.2) is 11.5 Å². The molecule has 2 aromatic heterocycles. The number of rotatable bonds is 6. The highest BCUT2D eigenvalue weighted by molar-refractivity contribution is 5.94. The molecule has 1 N–H and O–H groups in total. The zero-order valence-corrected chi connectivity index (χ0v) is 19.6. The van der Waals surface area contributed by atoms with E-state index in [0.29, 0.717) is 60.9 Å². The molecule has 1 amide bonds. The molecular weight excluding hydrogens is 442 g/mol. The summed E-state index contributed by atoms with van der Waals surface area (Å²) >= 11 is 0. The normalized spacial score (nSPS) is 14.1. The van der Waals surface area contributed by atoms with Gasteiger partial charge in [0.25, 0.3) is 5.56 Å². The van der Waals surface area contributed by atoms with Crippen molar-refractivity contribution in [2.75, 3.05) is 30.4 Å². The maximum absolute atomic E-state index is 13.5. The smallest absolute Gasteiger partial charge is 0.295 e. The first-order chi connectivity index (χ1) is 17.1. The molecule has 8 nitrogen and oxygen atoms in total. The standard InChI is InChI=1S/C27H27N5O3/c1-35-23-12-6-5-10-21(23)30-26(33)20-13-16-31(17-14-20)25-27(34)32(18-19-8-3-2-4-9-19)24-22(29-25)11-7-15-28-24/h2-12,15,20H,13-14,16-18H2,1H3,(H,30,33). The Morgan fingerprint density at radius 1 is 1.03 bits per heavy atom. The maximum Gasteiger partial charge on any atom is 0.295 e. The molecule has 0 bridgehead atoms. The maximum atomic E-state index is 13.5. The van der Waals surface area contributed by atoms with E-state index in [-0.39, 0.29) is 17.4 Å². The molecule has 0 spiro atoms. The summed E-state index contributed by atoms with van der Waals surface area (Å²) < 4.78 is 7.03. The lowest BCUT2D eigenvalue weighted by atomic mass is 9.95. The van der Waals surface area contributed by atoms with Crippen LogP contribution >= 0.6 is 0 Å². The number of nitrogens with one attached hydrogen (secondary N) is 1. The van der Waals surface area contributed by atoms with Gasteiger partial charge in [-0.1, -0.05) is 42.5 Å². The fraction of sp³-hybridized carbons (Fsp3) is 0.259. The summed E-state index contributed by atoms with van der Waals surface area (Å²) in [5.74, 6) is 0.854. The zero-order valence-electron chi connectivity index (χ0n) is 19.6. The van der Waals surface area contributed by atoms with Crippen molar-refractivity contribution in [1.82, 2.24) is 14.5 Å². The van der Waals surface area contributed by atoms with E-state index in [4.69, 9.17) is 4.74 Å². The third kappa shape index (κ3) is 4.73. The van der Waals surface area contributed by atoms with Crippen LogP contribution in [0.15, 0.2) is 77.7 Å². The summed E-state index contributed by atoms with van der Waals surface area (Å²) in [7, 11) is 1.58. The molecule has 35 heavy (non-hydrogen) atoms. The van der Waals surface area contributed by atoms with Crippen LogP contribution in [0.3, 0.4) is 0 Å². The van der Waals surface area contributed by atoms with Crippen LogP contribution in [-0.4, -0.2) is 40.6 Å². The minimum atomic E-state index is -0.169. The first-order valence-electron chi connectivity index (χ1n) is 11.7. The molecule has 3 heterocycles. The van der Waals surface area contributed by atoms with Gasteiger partial charge >= 0.3 is 0 Å². The Kier molecular flexibility index (Phi) is 6.43. The van der Waals surface area contributed by atoms with Gasteiger partial charge in [-0.15, -0.1) is 0 Å². The van der Waals surface area contributed by atoms with Crippen molar-refractivity contribution < 1.29 is 9.53 Å². The molecular formula is C27H27N5O3. The Morgan fingerprint density at radius 2 is 1.77 bits per heavy atom. The van der Waals surface area contributed by atoms with Crippen LogP contribution in [0.4, 0.5) is 11.5 Å². The lowest BCUT2D eigenvalue weighted by Gasteiger charge is -2.32. The molecule has 0 atom stereocenters. The number of carbonyl (C=O) groups excluding carboxylic acids is 1. The number of methoxy groups -OCH3 is 1. The first-order valence-corrected chi connectivity index (χ1v) is 11.7. The van der Waals surface area contributed by atoms with Crippen molar-refractivity contribution in [3.63, 3.8) is 0 Å². The number of hydrogen-bond donors (Lipinski definition) is 1. The van der Waals surface area contributed by atoms with Crippen molar-refractivity contribution >= 4 is 28.6 Å². The van der Waals surface area contributed by atoms with Crippen LogP contribution in [0.1, 0.15) is 18.4 Å². The second kappa shape index (κ2) is 9.97. The summed E-state index contributed by atoms with van der Waals surface area (Å²) in [6.07, 6.45) is 2.94. The van der Waals surface area contributed by atoms with E-state index in [2.05, 4.69) is 15.3 Å². The van der Waals surface area contributed by atoms with Crippen LogP contribution in [-0.2, 0) is 11.3 Å². The monoisotopic (exact) mass is 469 g/mol. The van der Waals surface area contributed by atoms with Gasteiger partial charge in [0.05, 0.1) is 19.3 Å². The highest BCUT2D eigenvalue weighted by Crippen LogP contribution is 2.27. The fourth-order valence-corrected chi connectivity index (χ4v) is 4.52. The summed E-state index contributed by atoms with van der Waals surface area (Å²) in [5, 5.41) is 2.99. The molecule has 0 saturated carbocycles. The fourth-order valence-electron chi connectivity index (χ4n) is 4.52. The highest BCUT2D eigenvalue weighted by atomic mass is 16.5. The van der Waals surface area contributed by atoms with Crippen LogP contribution in [0.2, 0.25) is 0 Å². The number of carbonyl (C=O) groups is 1. The van der Waals surface area contributed by atoms with Crippen LogP contribution < -0.4 is 20.5 Å². The average molecular weight is 470 g/mol. The average Bonchev–Trinajstić information content (AvgIpc) is 2.91. The first kappa shape index (κ1) is 22.6. The Labute approximate surface area is 203 Å². The van der Waals surface area contributed by atoms with Crippen LogP contribution in [0, 0.1) is 5.92 Å². The number of anilines is 2. The van der Waals surface area contributed by atoms with E-state index in [0.717, 1.165) is 5.56 Å². The van der Waals surface area contributed by atoms with Gasteiger partial charge in [-0.05, 0) is 42.7 Å². The zero-order chi connectivity index (χ0) is 24.2. The minimum Gasteiger partial charge on any atom is -0.495 e. The van der Waals surface area contributed by atoms with Gasteiger partial charge in [-0.2, -0.15) is 0 Å². The molecule has 0 aliphatic carbocycles. The van der Waals surface area contributed by atoms with Crippen LogP contribution in [0.25, 0.3) is 11.2 Å². The summed E-state index contributed by atoms with van der Waals surface area (Å²) in [4.78, 5) is 37.5.